The molecule has 1 amide bonds. The van der Waals surface area contributed by atoms with Gasteiger partial charge in [0, 0.05) is 5.69 Å². The number of nitrogens with zero attached hydrogens (tertiary/aromatic N) is 3. The molecule has 0 aliphatic carbocycles. The Balaban J connectivity index is 1.87. The summed E-state index contributed by atoms with van der Waals surface area (Å²) in [6.45, 7) is 0. The van der Waals surface area contributed by atoms with E-state index in [-0.39, 0.29) is 17.4 Å². The lowest BCUT2D eigenvalue weighted by molar-refractivity contribution is -0.133. The lowest BCUT2D eigenvalue weighted by Gasteiger charge is -2.05. The van der Waals surface area contributed by atoms with Crippen LogP contribution in [0.15, 0.2) is 36.7 Å². The Bertz CT molecular complexity index is 583. The van der Waals surface area contributed by atoms with Crippen molar-refractivity contribution in [1.29, 1.82) is 0 Å². The molecule has 2 rings (SSSR count). The van der Waals surface area contributed by atoms with Gasteiger partial charge >= 0.3 is 5.97 Å². The summed E-state index contributed by atoms with van der Waals surface area (Å²) < 4.78 is 0. The van der Waals surface area contributed by atoms with Crippen LogP contribution in [0.25, 0.3) is 5.69 Å². The molecule has 0 unspecified atom stereocenters. The molecule has 2 aromatic rings. The predicted molar refractivity (Wildman–Crippen MR) is 74.9 cm³/mol. The molecule has 0 atom stereocenters. The van der Waals surface area contributed by atoms with Crippen molar-refractivity contribution in [3.05, 3.63) is 36.7 Å². The summed E-state index contributed by atoms with van der Waals surface area (Å²) in [6, 6.07) is 7.02. The molecule has 0 spiro atoms. The number of aromatic nitrogens is 3. The molecule has 8 heteroatoms. The number of aliphatic carboxylic acids is 1. The number of carbonyl (C=O) groups is 2. The number of nitrogens with one attached hydrogen (secondary N) is 1. The van der Waals surface area contributed by atoms with Gasteiger partial charge < -0.3 is 10.4 Å². The fraction of sp³-hybridized carbons (Fsp3) is 0.167. The minimum Gasteiger partial charge on any atom is -0.481 e. The third-order valence-corrected chi connectivity index (χ3v) is 3.18. The molecular weight excluding hydrogens is 280 g/mol. The van der Waals surface area contributed by atoms with E-state index in [0.29, 0.717) is 5.69 Å². The van der Waals surface area contributed by atoms with Crippen LogP contribution in [0.3, 0.4) is 0 Å². The Labute approximate surface area is 119 Å². The zero-order chi connectivity index (χ0) is 14.4. The van der Waals surface area contributed by atoms with E-state index in [1.54, 1.807) is 36.7 Å². The molecule has 0 bridgehead atoms. The van der Waals surface area contributed by atoms with Crippen LogP contribution in [-0.2, 0) is 9.59 Å². The molecule has 2 N–H and O–H groups in total. The molecule has 20 heavy (non-hydrogen) atoms. The Morgan fingerprint density at radius 3 is 2.40 bits per heavy atom. The molecule has 0 fully saturated rings. The second-order valence-corrected chi connectivity index (χ2v) is 4.79. The summed E-state index contributed by atoms with van der Waals surface area (Å²) >= 11 is 1.05. The van der Waals surface area contributed by atoms with Crippen LogP contribution >= 0.6 is 11.8 Å². The minimum absolute atomic E-state index is 0.0860. The van der Waals surface area contributed by atoms with Crippen molar-refractivity contribution in [1.82, 2.24) is 15.0 Å². The first-order valence-electron chi connectivity index (χ1n) is 5.71. The normalized spacial score (nSPS) is 10.2. The fourth-order valence-electron chi connectivity index (χ4n) is 1.46. The van der Waals surface area contributed by atoms with Gasteiger partial charge in [-0.2, -0.15) is 15.0 Å². The van der Waals surface area contributed by atoms with Gasteiger partial charge in [0.1, 0.15) is 0 Å². The first-order chi connectivity index (χ1) is 9.65. The number of amides is 1. The number of anilines is 1. The van der Waals surface area contributed by atoms with Gasteiger partial charge in [0.15, 0.2) is 0 Å². The van der Waals surface area contributed by atoms with Gasteiger partial charge in [-0.15, -0.1) is 11.8 Å². The van der Waals surface area contributed by atoms with Gasteiger partial charge in [0.25, 0.3) is 0 Å². The Kier molecular flexibility index (Phi) is 4.72. The molecule has 104 valence electrons. The fourth-order valence-corrected chi connectivity index (χ4v) is 1.99. The van der Waals surface area contributed by atoms with E-state index in [1.807, 2.05) is 0 Å². The van der Waals surface area contributed by atoms with Crippen LogP contribution in [0.2, 0.25) is 0 Å². The van der Waals surface area contributed by atoms with Gasteiger partial charge in [-0.3, -0.25) is 9.59 Å². The van der Waals surface area contributed by atoms with E-state index in [2.05, 4.69) is 15.5 Å². The van der Waals surface area contributed by atoms with Gasteiger partial charge in [-0.25, -0.2) is 0 Å². The largest absolute Gasteiger partial charge is 0.481 e. The van der Waals surface area contributed by atoms with Gasteiger partial charge in [-0.05, 0) is 24.3 Å². The highest BCUT2D eigenvalue weighted by Crippen LogP contribution is 2.12. The first kappa shape index (κ1) is 14.1. The van der Waals surface area contributed by atoms with E-state index in [1.165, 1.54) is 4.80 Å². The van der Waals surface area contributed by atoms with Crippen LogP contribution in [0.5, 0.6) is 0 Å². The molecule has 1 aromatic heterocycles. The highest BCUT2D eigenvalue weighted by Gasteiger charge is 2.05. The number of carbonyl (C=O) groups excluding carboxylic acids is 1. The van der Waals surface area contributed by atoms with Crippen LogP contribution in [-0.4, -0.2) is 43.5 Å². The summed E-state index contributed by atoms with van der Waals surface area (Å²) in [7, 11) is 0. The lowest BCUT2D eigenvalue weighted by atomic mass is 10.3. The Hall–Kier alpha value is -2.35. The number of thioether (sulfide) groups is 1. The van der Waals surface area contributed by atoms with Crippen molar-refractivity contribution in [2.75, 3.05) is 16.8 Å². The second kappa shape index (κ2) is 6.71. The van der Waals surface area contributed by atoms with Crippen molar-refractivity contribution in [3.63, 3.8) is 0 Å². The van der Waals surface area contributed by atoms with Crippen molar-refractivity contribution < 1.29 is 14.7 Å². The third kappa shape index (κ3) is 4.09. The molecule has 0 aliphatic rings. The smallest absolute Gasteiger partial charge is 0.313 e. The molecule has 0 saturated heterocycles. The Morgan fingerprint density at radius 1 is 1.15 bits per heavy atom. The molecule has 1 heterocycles. The topological polar surface area (TPSA) is 97.1 Å². The molecule has 1 aromatic carbocycles. The van der Waals surface area contributed by atoms with Crippen molar-refractivity contribution in [3.8, 4) is 5.69 Å². The van der Waals surface area contributed by atoms with Crippen LogP contribution in [0.1, 0.15) is 0 Å². The molecule has 0 aliphatic heterocycles. The van der Waals surface area contributed by atoms with Crippen LogP contribution < -0.4 is 5.32 Å². The minimum atomic E-state index is -0.932. The third-order valence-electron chi connectivity index (χ3n) is 2.26. The summed E-state index contributed by atoms with van der Waals surface area (Å²) in [5.41, 5.74) is 1.43. The van der Waals surface area contributed by atoms with E-state index in [0.717, 1.165) is 17.4 Å². The number of hydrogen-bond donors (Lipinski definition) is 2. The van der Waals surface area contributed by atoms with Crippen molar-refractivity contribution in [2.45, 2.75) is 0 Å². The summed E-state index contributed by atoms with van der Waals surface area (Å²) in [5.74, 6) is -1.15. The van der Waals surface area contributed by atoms with E-state index >= 15 is 0 Å². The van der Waals surface area contributed by atoms with Crippen LogP contribution in [0.4, 0.5) is 5.69 Å². The maximum absolute atomic E-state index is 11.6. The average molecular weight is 292 g/mol. The number of carboxylic acid groups (broad SMARTS) is 1. The summed E-state index contributed by atoms with van der Waals surface area (Å²) in [6.07, 6.45) is 3.16. The number of rotatable bonds is 6. The summed E-state index contributed by atoms with van der Waals surface area (Å²) in [4.78, 5) is 23.3. The maximum atomic E-state index is 11.6. The van der Waals surface area contributed by atoms with Crippen molar-refractivity contribution >= 4 is 29.3 Å². The molecular formula is C12H12N4O3S. The van der Waals surface area contributed by atoms with E-state index < -0.39 is 5.97 Å². The van der Waals surface area contributed by atoms with Gasteiger partial charge in [0.05, 0.1) is 29.6 Å². The summed E-state index contributed by atoms with van der Waals surface area (Å²) in [5, 5.41) is 19.1. The van der Waals surface area contributed by atoms with E-state index in [4.69, 9.17) is 5.11 Å². The highest BCUT2D eigenvalue weighted by atomic mass is 32.2. The highest BCUT2D eigenvalue weighted by molar-refractivity contribution is 8.00. The lowest BCUT2D eigenvalue weighted by Crippen LogP contribution is -2.15. The zero-order valence-corrected chi connectivity index (χ0v) is 11.2. The van der Waals surface area contributed by atoms with Gasteiger partial charge in [0.2, 0.25) is 5.91 Å². The standard InChI is InChI=1S/C12H12N4O3S/c17-11(7-20-8-12(18)19)15-9-1-3-10(4-2-9)16-13-5-6-14-16/h1-6H,7-8H2,(H,15,17)(H,18,19). The first-order valence-corrected chi connectivity index (χ1v) is 6.87. The maximum Gasteiger partial charge on any atom is 0.313 e. The Morgan fingerprint density at radius 2 is 1.80 bits per heavy atom. The predicted octanol–water partition coefficient (Wildman–Crippen LogP) is 1.02. The van der Waals surface area contributed by atoms with E-state index in [9.17, 15) is 9.59 Å². The van der Waals surface area contributed by atoms with Crippen LogP contribution in [0, 0.1) is 0 Å². The van der Waals surface area contributed by atoms with Crippen molar-refractivity contribution in [2.24, 2.45) is 0 Å². The zero-order valence-electron chi connectivity index (χ0n) is 10.4. The number of benzene rings is 1. The second-order valence-electron chi connectivity index (χ2n) is 3.80. The monoisotopic (exact) mass is 292 g/mol. The molecule has 0 saturated carbocycles. The number of carboxylic acids is 1. The molecule has 7 nitrogen and oxygen atoms in total. The average Bonchev–Trinajstić information content (AvgIpc) is 2.93. The molecule has 0 radical (unpaired) electrons. The van der Waals surface area contributed by atoms with Gasteiger partial charge in [-0.1, -0.05) is 0 Å². The quantitative estimate of drug-likeness (QED) is 0.825. The number of hydrogen-bond acceptors (Lipinski definition) is 5. The SMILES string of the molecule is O=C(O)CSCC(=O)Nc1ccc(-n2nccn2)cc1.